The lowest BCUT2D eigenvalue weighted by atomic mass is 9.81. The highest BCUT2D eigenvalue weighted by molar-refractivity contribution is 5.98. The van der Waals surface area contributed by atoms with Gasteiger partial charge in [0.2, 0.25) is 5.88 Å². The van der Waals surface area contributed by atoms with Gasteiger partial charge in [-0.2, -0.15) is 0 Å². The predicted molar refractivity (Wildman–Crippen MR) is 74.9 cm³/mol. The van der Waals surface area contributed by atoms with E-state index in [9.17, 15) is 4.79 Å². The van der Waals surface area contributed by atoms with Gasteiger partial charge in [0, 0.05) is 18.3 Å². The van der Waals surface area contributed by atoms with E-state index in [1.54, 1.807) is 0 Å². The molecule has 4 nitrogen and oxygen atoms in total. The van der Waals surface area contributed by atoms with Gasteiger partial charge in [-0.25, -0.2) is 9.97 Å². The number of Topliss-reactive ketones (excluding diaryl/α,β-unsaturated/α-hetero) is 1. The van der Waals surface area contributed by atoms with E-state index < -0.39 is 0 Å². The SMILES string of the molecule is COc1nccnc1C(=O)C1CCc2ccccc2C1. The Morgan fingerprint density at radius 3 is 2.75 bits per heavy atom. The molecule has 0 amide bonds. The Bertz CT molecular complexity index is 640. The second-order valence-corrected chi connectivity index (χ2v) is 4.99. The summed E-state index contributed by atoms with van der Waals surface area (Å²) >= 11 is 0. The lowest BCUT2D eigenvalue weighted by molar-refractivity contribution is 0.0899. The van der Waals surface area contributed by atoms with Crippen LogP contribution >= 0.6 is 0 Å². The van der Waals surface area contributed by atoms with E-state index in [1.165, 1.54) is 30.6 Å². The number of aromatic nitrogens is 2. The van der Waals surface area contributed by atoms with Crippen molar-refractivity contribution in [3.63, 3.8) is 0 Å². The third-order valence-electron chi connectivity index (χ3n) is 3.81. The number of ether oxygens (including phenoxy) is 1. The normalized spacial score (nSPS) is 17.4. The van der Waals surface area contributed by atoms with E-state index in [1.807, 2.05) is 12.1 Å². The van der Waals surface area contributed by atoms with Crippen LogP contribution in [0.25, 0.3) is 0 Å². The first-order valence-electron chi connectivity index (χ1n) is 6.75. The van der Waals surface area contributed by atoms with Gasteiger partial charge in [-0.15, -0.1) is 0 Å². The van der Waals surface area contributed by atoms with Gasteiger partial charge >= 0.3 is 0 Å². The number of fused-ring (bicyclic) bond motifs is 1. The van der Waals surface area contributed by atoms with Crippen molar-refractivity contribution in [2.45, 2.75) is 19.3 Å². The molecule has 0 N–H and O–H groups in total. The molecule has 4 heteroatoms. The van der Waals surface area contributed by atoms with Gasteiger partial charge in [0.05, 0.1) is 7.11 Å². The fourth-order valence-electron chi connectivity index (χ4n) is 2.76. The number of aryl methyl sites for hydroxylation is 1. The van der Waals surface area contributed by atoms with Gasteiger partial charge in [0.25, 0.3) is 0 Å². The highest BCUT2D eigenvalue weighted by atomic mass is 16.5. The summed E-state index contributed by atoms with van der Waals surface area (Å²) in [6, 6.07) is 8.31. The minimum Gasteiger partial charge on any atom is -0.479 e. The number of methoxy groups -OCH3 is 1. The van der Waals surface area contributed by atoms with E-state index in [0.717, 1.165) is 19.3 Å². The summed E-state index contributed by atoms with van der Waals surface area (Å²) in [7, 11) is 1.51. The van der Waals surface area contributed by atoms with E-state index in [-0.39, 0.29) is 11.7 Å². The topological polar surface area (TPSA) is 52.1 Å². The highest BCUT2D eigenvalue weighted by Gasteiger charge is 2.28. The number of rotatable bonds is 3. The molecule has 0 aliphatic heterocycles. The Morgan fingerprint density at radius 2 is 1.95 bits per heavy atom. The van der Waals surface area contributed by atoms with Crippen molar-refractivity contribution < 1.29 is 9.53 Å². The third-order valence-corrected chi connectivity index (χ3v) is 3.81. The van der Waals surface area contributed by atoms with Crippen molar-refractivity contribution in [3.05, 3.63) is 53.5 Å². The van der Waals surface area contributed by atoms with Gasteiger partial charge < -0.3 is 4.74 Å². The van der Waals surface area contributed by atoms with Crippen molar-refractivity contribution in [3.8, 4) is 5.88 Å². The number of carbonyl (C=O) groups is 1. The second-order valence-electron chi connectivity index (χ2n) is 4.99. The quantitative estimate of drug-likeness (QED) is 0.802. The molecule has 1 aromatic carbocycles. The molecule has 0 saturated heterocycles. The highest BCUT2D eigenvalue weighted by Crippen LogP contribution is 2.28. The molecule has 1 aliphatic carbocycles. The number of benzene rings is 1. The molecule has 2 aromatic rings. The number of nitrogens with zero attached hydrogens (tertiary/aromatic N) is 2. The molecular formula is C16H16N2O2. The molecule has 0 saturated carbocycles. The molecule has 0 bridgehead atoms. The van der Waals surface area contributed by atoms with Crippen LogP contribution in [0.15, 0.2) is 36.7 Å². The first kappa shape index (κ1) is 12.8. The van der Waals surface area contributed by atoms with Crippen LogP contribution in [0.3, 0.4) is 0 Å². The Morgan fingerprint density at radius 1 is 1.20 bits per heavy atom. The monoisotopic (exact) mass is 268 g/mol. The largest absolute Gasteiger partial charge is 0.479 e. The summed E-state index contributed by atoms with van der Waals surface area (Å²) in [6.07, 6.45) is 5.64. The zero-order chi connectivity index (χ0) is 13.9. The standard InChI is InChI=1S/C16H16N2O2/c1-20-16-14(17-8-9-18-16)15(19)13-7-6-11-4-2-3-5-12(11)10-13/h2-5,8-9,13H,6-7,10H2,1H3. The van der Waals surface area contributed by atoms with E-state index in [2.05, 4.69) is 22.1 Å². The zero-order valence-electron chi connectivity index (χ0n) is 11.4. The van der Waals surface area contributed by atoms with Crippen molar-refractivity contribution in [1.82, 2.24) is 9.97 Å². The number of carbonyl (C=O) groups excluding carboxylic acids is 1. The van der Waals surface area contributed by atoms with Crippen molar-refractivity contribution in [2.24, 2.45) is 5.92 Å². The Hall–Kier alpha value is -2.23. The summed E-state index contributed by atoms with van der Waals surface area (Å²) in [5, 5.41) is 0. The summed E-state index contributed by atoms with van der Waals surface area (Å²) in [4.78, 5) is 20.8. The lowest BCUT2D eigenvalue weighted by Crippen LogP contribution is -2.24. The van der Waals surface area contributed by atoms with E-state index >= 15 is 0 Å². The van der Waals surface area contributed by atoms with Crippen LogP contribution in [-0.4, -0.2) is 22.9 Å². The van der Waals surface area contributed by atoms with Crippen molar-refractivity contribution in [1.29, 1.82) is 0 Å². The van der Waals surface area contributed by atoms with Crippen LogP contribution in [0.2, 0.25) is 0 Å². The molecule has 1 atom stereocenters. The molecule has 20 heavy (non-hydrogen) atoms. The zero-order valence-corrected chi connectivity index (χ0v) is 11.4. The van der Waals surface area contributed by atoms with Gasteiger partial charge in [0.1, 0.15) is 0 Å². The summed E-state index contributed by atoms with van der Waals surface area (Å²) in [6.45, 7) is 0. The lowest BCUT2D eigenvalue weighted by Gasteiger charge is -2.23. The summed E-state index contributed by atoms with van der Waals surface area (Å²) in [5.74, 6) is 0.316. The van der Waals surface area contributed by atoms with Gasteiger partial charge in [0.15, 0.2) is 11.5 Å². The molecule has 102 valence electrons. The van der Waals surface area contributed by atoms with Crippen LogP contribution in [0.4, 0.5) is 0 Å². The van der Waals surface area contributed by atoms with Gasteiger partial charge in [-0.3, -0.25) is 4.79 Å². The van der Waals surface area contributed by atoms with Crippen LogP contribution in [0, 0.1) is 5.92 Å². The van der Waals surface area contributed by atoms with Crippen LogP contribution in [-0.2, 0) is 12.8 Å². The molecular weight excluding hydrogens is 252 g/mol. The summed E-state index contributed by atoms with van der Waals surface area (Å²) < 4.78 is 5.13. The van der Waals surface area contributed by atoms with Gasteiger partial charge in [-0.1, -0.05) is 24.3 Å². The van der Waals surface area contributed by atoms with Gasteiger partial charge in [-0.05, 0) is 30.4 Å². The second kappa shape index (κ2) is 5.41. The third kappa shape index (κ3) is 2.29. The van der Waals surface area contributed by atoms with E-state index in [4.69, 9.17) is 4.74 Å². The molecule has 0 fully saturated rings. The summed E-state index contributed by atoms with van der Waals surface area (Å²) in [5.41, 5.74) is 2.96. The van der Waals surface area contributed by atoms with Crippen molar-refractivity contribution in [2.75, 3.05) is 7.11 Å². The Balaban J connectivity index is 1.86. The average Bonchev–Trinajstić information content (AvgIpc) is 2.53. The van der Waals surface area contributed by atoms with Crippen LogP contribution in [0.5, 0.6) is 5.88 Å². The number of hydrogen-bond donors (Lipinski definition) is 0. The van der Waals surface area contributed by atoms with E-state index in [0.29, 0.717) is 11.6 Å². The van der Waals surface area contributed by atoms with Crippen LogP contribution in [0.1, 0.15) is 28.0 Å². The fraction of sp³-hybridized carbons (Fsp3) is 0.312. The molecule has 1 heterocycles. The molecule has 3 rings (SSSR count). The Kier molecular flexibility index (Phi) is 3.46. The number of ketones is 1. The first-order chi connectivity index (χ1) is 9.79. The maximum absolute atomic E-state index is 12.6. The number of hydrogen-bond acceptors (Lipinski definition) is 4. The minimum absolute atomic E-state index is 0.0319. The maximum atomic E-state index is 12.6. The molecule has 1 unspecified atom stereocenters. The fourth-order valence-corrected chi connectivity index (χ4v) is 2.76. The predicted octanol–water partition coefficient (Wildman–Crippen LogP) is 2.47. The Labute approximate surface area is 117 Å². The smallest absolute Gasteiger partial charge is 0.243 e. The maximum Gasteiger partial charge on any atom is 0.243 e. The van der Waals surface area contributed by atoms with Crippen molar-refractivity contribution >= 4 is 5.78 Å². The van der Waals surface area contributed by atoms with Crippen LogP contribution < -0.4 is 4.74 Å². The molecule has 1 aliphatic rings. The average molecular weight is 268 g/mol. The molecule has 0 radical (unpaired) electrons. The molecule has 1 aromatic heterocycles. The minimum atomic E-state index is -0.0319. The molecule has 0 spiro atoms. The first-order valence-corrected chi connectivity index (χ1v) is 6.75.